The van der Waals surface area contributed by atoms with E-state index in [2.05, 4.69) is 28.2 Å². The van der Waals surface area contributed by atoms with Crippen molar-refractivity contribution in [1.82, 2.24) is 14.9 Å². The van der Waals surface area contributed by atoms with Gasteiger partial charge >= 0.3 is 0 Å². The molecule has 0 spiro atoms. The third-order valence-electron chi connectivity index (χ3n) is 5.22. The Morgan fingerprint density at radius 3 is 2.41 bits per heavy atom. The molecule has 6 heteroatoms. The number of ether oxygens (including phenoxy) is 1. The number of para-hydroxylation sites is 1. The highest BCUT2D eigenvalue weighted by atomic mass is 16.5. The Labute approximate surface area is 172 Å². The summed E-state index contributed by atoms with van der Waals surface area (Å²) in [6.07, 6.45) is 0. The van der Waals surface area contributed by atoms with Gasteiger partial charge in [-0.3, -0.25) is 0 Å². The number of benzene rings is 2. The first-order valence-corrected chi connectivity index (χ1v) is 9.97. The van der Waals surface area contributed by atoms with Crippen LogP contribution in [0.4, 0.5) is 11.6 Å². The minimum absolute atomic E-state index is 0.636. The first-order valence-electron chi connectivity index (χ1n) is 9.97. The maximum Gasteiger partial charge on any atom is 0.163 e. The molecule has 1 aromatic heterocycles. The van der Waals surface area contributed by atoms with Gasteiger partial charge in [-0.2, -0.15) is 0 Å². The molecule has 0 saturated carbocycles. The Morgan fingerprint density at radius 1 is 0.931 bits per heavy atom. The summed E-state index contributed by atoms with van der Waals surface area (Å²) in [4.78, 5) is 14.3. The van der Waals surface area contributed by atoms with Crippen molar-refractivity contribution in [3.05, 3.63) is 66.2 Å². The molecule has 0 atom stereocenters. The number of rotatable bonds is 6. The number of aromatic nitrogens is 2. The molecule has 0 radical (unpaired) electrons. The van der Waals surface area contributed by atoms with Crippen LogP contribution < -0.4 is 15.0 Å². The predicted octanol–water partition coefficient (Wildman–Crippen LogP) is 3.52. The normalized spacial score (nSPS) is 14.6. The van der Waals surface area contributed by atoms with Crippen molar-refractivity contribution in [3.8, 4) is 17.1 Å². The molecule has 1 fully saturated rings. The zero-order chi connectivity index (χ0) is 20.1. The molecule has 2 aromatic carbocycles. The van der Waals surface area contributed by atoms with E-state index < -0.39 is 0 Å². The third kappa shape index (κ3) is 4.66. The number of nitrogens with zero attached hydrogens (tertiary/aromatic N) is 4. The highest BCUT2D eigenvalue weighted by Crippen LogP contribution is 2.25. The average Bonchev–Trinajstić information content (AvgIpc) is 2.79. The summed E-state index contributed by atoms with van der Waals surface area (Å²) in [6, 6.07) is 20.2. The molecule has 0 unspecified atom stereocenters. The summed E-state index contributed by atoms with van der Waals surface area (Å²) in [6.45, 7) is 4.64. The van der Waals surface area contributed by atoms with Gasteiger partial charge in [-0.15, -0.1) is 0 Å². The SMILES string of the molecule is COc1ccccc1CNc1cc(N2CCN(C)CC2)nc(-c2ccccc2)n1. The van der Waals surface area contributed by atoms with E-state index in [9.17, 15) is 0 Å². The van der Waals surface area contributed by atoms with Gasteiger partial charge in [-0.25, -0.2) is 9.97 Å². The van der Waals surface area contributed by atoms with E-state index in [4.69, 9.17) is 14.7 Å². The lowest BCUT2D eigenvalue weighted by atomic mass is 10.2. The van der Waals surface area contributed by atoms with E-state index in [0.29, 0.717) is 6.54 Å². The molecule has 150 valence electrons. The van der Waals surface area contributed by atoms with Gasteiger partial charge in [0, 0.05) is 49.9 Å². The van der Waals surface area contributed by atoms with Crippen LogP contribution in [0.2, 0.25) is 0 Å². The van der Waals surface area contributed by atoms with E-state index in [1.807, 2.05) is 54.6 Å². The van der Waals surface area contributed by atoms with Gasteiger partial charge in [0.15, 0.2) is 5.82 Å². The maximum atomic E-state index is 5.47. The van der Waals surface area contributed by atoms with Gasteiger partial charge in [-0.05, 0) is 13.1 Å². The van der Waals surface area contributed by atoms with Crippen molar-refractivity contribution in [2.24, 2.45) is 0 Å². The molecule has 0 amide bonds. The van der Waals surface area contributed by atoms with E-state index in [0.717, 1.165) is 60.5 Å². The number of methoxy groups -OCH3 is 1. The van der Waals surface area contributed by atoms with Gasteiger partial charge < -0.3 is 19.9 Å². The van der Waals surface area contributed by atoms with Crippen LogP contribution in [0.1, 0.15) is 5.56 Å². The van der Waals surface area contributed by atoms with Crippen molar-refractivity contribution < 1.29 is 4.74 Å². The smallest absolute Gasteiger partial charge is 0.163 e. The second kappa shape index (κ2) is 8.92. The van der Waals surface area contributed by atoms with Crippen LogP contribution in [0.25, 0.3) is 11.4 Å². The Bertz CT molecular complexity index is 939. The standard InChI is InChI=1S/C23H27N5O/c1-27-12-14-28(15-13-27)22-16-21(24-17-19-10-6-7-11-20(19)29-2)25-23(26-22)18-8-4-3-5-9-18/h3-11,16H,12-15,17H2,1-2H3,(H,24,25,26). The Balaban J connectivity index is 1.62. The summed E-state index contributed by atoms with van der Waals surface area (Å²) in [5.41, 5.74) is 2.11. The molecule has 1 N–H and O–H groups in total. The van der Waals surface area contributed by atoms with E-state index in [1.165, 1.54) is 0 Å². The van der Waals surface area contributed by atoms with Gasteiger partial charge in [0.25, 0.3) is 0 Å². The van der Waals surface area contributed by atoms with Crippen LogP contribution in [0.3, 0.4) is 0 Å². The van der Waals surface area contributed by atoms with E-state index in [1.54, 1.807) is 7.11 Å². The van der Waals surface area contributed by atoms with Crippen molar-refractivity contribution >= 4 is 11.6 Å². The summed E-state index contributed by atoms with van der Waals surface area (Å²) in [5, 5.41) is 3.47. The lowest BCUT2D eigenvalue weighted by molar-refractivity contribution is 0.312. The van der Waals surface area contributed by atoms with Crippen molar-refractivity contribution in [3.63, 3.8) is 0 Å². The second-order valence-corrected chi connectivity index (χ2v) is 7.26. The Kier molecular flexibility index (Phi) is 5.91. The number of hydrogen-bond acceptors (Lipinski definition) is 6. The summed E-state index contributed by atoms with van der Waals surface area (Å²) in [5.74, 6) is 3.40. The Morgan fingerprint density at radius 2 is 1.66 bits per heavy atom. The Hall–Kier alpha value is -3.12. The van der Waals surface area contributed by atoms with E-state index >= 15 is 0 Å². The highest BCUT2D eigenvalue weighted by Gasteiger charge is 2.18. The lowest BCUT2D eigenvalue weighted by Gasteiger charge is -2.33. The van der Waals surface area contributed by atoms with Crippen LogP contribution in [-0.4, -0.2) is 55.2 Å². The van der Waals surface area contributed by atoms with Crippen LogP contribution in [0, 0.1) is 0 Å². The number of likely N-dealkylation sites (N-methyl/N-ethyl adjacent to an activating group) is 1. The highest BCUT2D eigenvalue weighted by molar-refractivity contribution is 5.62. The van der Waals surface area contributed by atoms with E-state index in [-0.39, 0.29) is 0 Å². The predicted molar refractivity (Wildman–Crippen MR) is 117 cm³/mol. The summed E-state index contributed by atoms with van der Waals surface area (Å²) >= 11 is 0. The quantitative estimate of drug-likeness (QED) is 0.696. The van der Waals surface area contributed by atoms with Crippen LogP contribution in [-0.2, 0) is 6.54 Å². The molecule has 3 aromatic rings. The summed E-state index contributed by atoms with van der Waals surface area (Å²) in [7, 11) is 3.86. The number of anilines is 2. The second-order valence-electron chi connectivity index (χ2n) is 7.26. The first kappa shape index (κ1) is 19.2. The van der Waals surface area contributed by atoms with Gasteiger partial charge in [-0.1, -0.05) is 48.5 Å². The number of nitrogens with one attached hydrogen (secondary N) is 1. The zero-order valence-electron chi connectivity index (χ0n) is 17.0. The van der Waals surface area contributed by atoms with Crippen molar-refractivity contribution in [1.29, 1.82) is 0 Å². The van der Waals surface area contributed by atoms with Crippen LogP contribution in [0.15, 0.2) is 60.7 Å². The fourth-order valence-electron chi connectivity index (χ4n) is 3.47. The molecular formula is C23H27N5O. The molecular weight excluding hydrogens is 362 g/mol. The van der Waals surface area contributed by atoms with Crippen molar-refractivity contribution in [2.75, 3.05) is 50.6 Å². The van der Waals surface area contributed by atoms with Gasteiger partial charge in [0.2, 0.25) is 0 Å². The molecule has 2 heterocycles. The number of piperazine rings is 1. The first-order chi connectivity index (χ1) is 14.2. The topological polar surface area (TPSA) is 53.5 Å². The van der Waals surface area contributed by atoms with Crippen molar-refractivity contribution in [2.45, 2.75) is 6.54 Å². The minimum atomic E-state index is 0.636. The lowest BCUT2D eigenvalue weighted by Crippen LogP contribution is -2.44. The largest absolute Gasteiger partial charge is 0.496 e. The molecule has 1 aliphatic rings. The van der Waals surface area contributed by atoms with Crippen LogP contribution in [0.5, 0.6) is 5.75 Å². The summed E-state index contributed by atoms with van der Waals surface area (Å²) < 4.78 is 5.47. The maximum absolute atomic E-state index is 5.47. The monoisotopic (exact) mass is 389 g/mol. The molecule has 29 heavy (non-hydrogen) atoms. The molecule has 0 aliphatic carbocycles. The fraction of sp³-hybridized carbons (Fsp3) is 0.304. The van der Waals surface area contributed by atoms with Gasteiger partial charge in [0.05, 0.1) is 7.11 Å². The molecule has 1 aliphatic heterocycles. The molecule has 4 rings (SSSR count). The molecule has 0 bridgehead atoms. The van der Waals surface area contributed by atoms with Crippen LogP contribution >= 0.6 is 0 Å². The number of hydrogen-bond donors (Lipinski definition) is 1. The fourth-order valence-corrected chi connectivity index (χ4v) is 3.47. The average molecular weight is 390 g/mol. The minimum Gasteiger partial charge on any atom is -0.496 e. The zero-order valence-corrected chi connectivity index (χ0v) is 17.0. The molecule has 6 nitrogen and oxygen atoms in total. The van der Waals surface area contributed by atoms with Gasteiger partial charge in [0.1, 0.15) is 17.4 Å². The third-order valence-corrected chi connectivity index (χ3v) is 5.22. The molecule has 1 saturated heterocycles.